The third-order valence-electron chi connectivity index (χ3n) is 6.89. The number of carbonyl (C=O) groups excluding carboxylic acids is 1. The molecule has 192 valence electrons. The van der Waals surface area contributed by atoms with Gasteiger partial charge in [-0.2, -0.15) is 23.3 Å². The molecule has 2 aromatic carbocycles. The zero-order valence-corrected chi connectivity index (χ0v) is 20.4. The van der Waals surface area contributed by atoms with Crippen molar-refractivity contribution in [2.75, 3.05) is 5.32 Å². The highest BCUT2D eigenvalue weighted by Crippen LogP contribution is 2.64. The summed E-state index contributed by atoms with van der Waals surface area (Å²) < 4.78 is 54.1. The van der Waals surface area contributed by atoms with Crippen molar-refractivity contribution in [3.63, 3.8) is 0 Å². The van der Waals surface area contributed by atoms with Gasteiger partial charge in [-0.15, -0.1) is 0 Å². The number of halogens is 4. The van der Waals surface area contributed by atoms with Crippen LogP contribution in [-0.2, 0) is 11.0 Å². The van der Waals surface area contributed by atoms with E-state index in [9.17, 15) is 17.6 Å². The molecule has 1 aliphatic rings. The van der Waals surface area contributed by atoms with E-state index < -0.39 is 17.7 Å². The number of hydrogen-bond acceptors (Lipinski definition) is 5. The Morgan fingerprint density at radius 3 is 2.32 bits per heavy atom. The Balaban J connectivity index is 0.00000156. The van der Waals surface area contributed by atoms with E-state index in [1.165, 1.54) is 30.5 Å². The molecule has 0 spiro atoms. The molecule has 1 N–H and O–H groups in total. The van der Waals surface area contributed by atoms with Gasteiger partial charge < -0.3 is 10.1 Å². The first-order valence-corrected chi connectivity index (χ1v) is 11.5. The van der Waals surface area contributed by atoms with E-state index in [4.69, 9.17) is 4.79 Å². The SMILES string of the molecule is C=O.C[C@H]1[C@H](c2cccc(-c3cnc(Nc4ccc(F)cc4)nc3-n3ccc(C(F)(F)F)n3)c2)C1(C)C. The lowest BCUT2D eigenvalue weighted by molar-refractivity contribution is -0.141. The van der Waals surface area contributed by atoms with Crippen LogP contribution in [0.4, 0.5) is 29.2 Å². The second-order valence-electron chi connectivity index (χ2n) is 9.42. The molecule has 5 rings (SSSR count). The second-order valence-corrected chi connectivity index (χ2v) is 9.42. The number of carbonyl (C=O) groups is 1. The average molecular weight is 512 g/mol. The van der Waals surface area contributed by atoms with Gasteiger partial charge in [0.05, 0.1) is 0 Å². The molecule has 2 atom stereocenters. The summed E-state index contributed by atoms with van der Waals surface area (Å²) in [7, 11) is 0. The Morgan fingerprint density at radius 1 is 1.05 bits per heavy atom. The van der Waals surface area contributed by atoms with E-state index in [0.717, 1.165) is 21.9 Å². The van der Waals surface area contributed by atoms with Crippen molar-refractivity contribution in [2.24, 2.45) is 11.3 Å². The van der Waals surface area contributed by atoms with Crippen molar-refractivity contribution in [3.8, 4) is 16.9 Å². The van der Waals surface area contributed by atoms with Crippen LogP contribution in [0.3, 0.4) is 0 Å². The maximum absolute atomic E-state index is 13.3. The van der Waals surface area contributed by atoms with Gasteiger partial charge in [-0.3, -0.25) is 0 Å². The Bertz CT molecular complexity index is 1400. The molecule has 0 bridgehead atoms. The first kappa shape index (κ1) is 26.0. The number of benzene rings is 2. The molecule has 0 radical (unpaired) electrons. The van der Waals surface area contributed by atoms with Crippen LogP contribution in [0.25, 0.3) is 16.9 Å². The van der Waals surface area contributed by atoms with Crippen LogP contribution in [0, 0.1) is 17.2 Å². The zero-order valence-electron chi connectivity index (χ0n) is 20.4. The monoisotopic (exact) mass is 511 g/mol. The predicted molar refractivity (Wildman–Crippen MR) is 132 cm³/mol. The fourth-order valence-corrected chi connectivity index (χ4v) is 4.58. The van der Waals surface area contributed by atoms with Crippen LogP contribution >= 0.6 is 0 Å². The highest BCUT2D eigenvalue weighted by Gasteiger charge is 2.55. The largest absolute Gasteiger partial charge is 0.435 e. The first-order chi connectivity index (χ1) is 17.5. The van der Waals surface area contributed by atoms with Gasteiger partial charge in [0.1, 0.15) is 12.6 Å². The molecular weight excluding hydrogens is 486 g/mol. The van der Waals surface area contributed by atoms with Gasteiger partial charge in [0.2, 0.25) is 5.95 Å². The normalized spacial score (nSPS) is 18.0. The maximum Gasteiger partial charge on any atom is 0.435 e. The molecule has 1 aliphatic carbocycles. The summed E-state index contributed by atoms with van der Waals surface area (Å²) in [6.07, 6.45) is -1.79. The van der Waals surface area contributed by atoms with Gasteiger partial charge in [-0.1, -0.05) is 45.0 Å². The maximum atomic E-state index is 13.3. The number of anilines is 2. The van der Waals surface area contributed by atoms with Crippen LogP contribution in [0.1, 0.15) is 37.9 Å². The molecule has 1 fully saturated rings. The fraction of sp³-hybridized carbons (Fsp3) is 0.259. The van der Waals surface area contributed by atoms with Crippen LogP contribution in [-0.4, -0.2) is 26.5 Å². The predicted octanol–water partition coefficient (Wildman–Crippen LogP) is 6.81. The molecule has 37 heavy (non-hydrogen) atoms. The number of nitrogens with zero attached hydrogens (tertiary/aromatic N) is 4. The molecule has 0 unspecified atom stereocenters. The number of alkyl halides is 3. The zero-order chi connectivity index (χ0) is 27.0. The van der Waals surface area contributed by atoms with Crippen LogP contribution in [0.2, 0.25) is 0 Å². The molecule has 0 amide bonds. The van der Waals surface area contributed by atoms with Crippen molar-refractivity contribution in [1.82, 2.24) is 19.7 Å². The minimum Gasteiger partial charge on any atom is -0.324 e. The van der Waals surface area contributed by atoms with Crippen molar-refractivity contribution >= 4 is 18.4 Å². The second kappa shape index (κ2) is 9.76. The molecule has 6 nitrogen and oxygen atoms in total. The summed E-state index contributed by atoms with van der Waals surface area (Å²) in [5.41, 5.74) is 2.19. The van der Waals surface area contributed by atoms with Crippen LogP contribution < -0.4 is 5.32 Å². The number of hydrogen-bond donors (Lipinski definition) is 1. The average Bonchev–Trinajstić information content (AvgIpc) is 3.19. The van der Waals surface area contributed by atoms with E-state index in [-0.39, 0.29) is 17.2 Å². The topological polar surface area (TPSA) is 72.7 Å². The summed E-state index contributed by atoms with van der Waals surface area (Å²) in [5.74, 6) is 0.869. The summed E-state index contributed by atoms with van der Waals surface area (Å²) in [5, 5.41) is 6.69. The first-order valence-electron chi connectivity index (χ1n) is 11.5. The summed E-state index contributed by atoms with van der Waals surface area (Å²) in [4.78, 5) is 16.9. The number of aromatic nitrogens is 4. The number of nitrogens with one attached hydrogen (secondary N) is 1. The van der Waals surface area contributed by atoms with E-state index in [1.807, 2.05) is 25.0 Å². The Labute approximate surface area is 211 Å². The lowest BCUT2D eigenvalue weighted by Gasteiger charge is -2.13. The van der Waals surface area contributed by atoms with Gasteiger partial charge in [-0.25, -0.2) is 14.1 Å². The Kier molecular flexibility index (Phi) is 6.86. The molecule has 2 aromatic heterocycles. The fourth-order valence-electron chi connectivity index (χ4n) is 4.58. The van der Waals surface area contributed by atoms with Gasteiger partial charge >= 0.3 is 6.18 Å². The van der Waals surface area contributed by atoms with Crippen molar-refractivity contribution in [3.05, 3.63) is 84.1 Å². The summed E-state index contributed by atoms with van der Waals surface area (Å²) in [6.45, 7) is 8.66. The highest BCUT2D eigenvalue weighted by molar-refractivity contribution is 5.72. The lowest BCUT2D eigenvalue weighted by atomic mass is 9.99. The third-order valence-corrected chi connectivity index (χ3v) is 6.89. The van der Waals surface area contributed by atoms with Crippen LogP contribution in [0.15, 0.2) is 67.0 Å². The van der Waals surface area contributed by atoms with E-state index >= 15 is 0 Å². The molecule has 0 aliphatic heterocycles. The Hall–Kier alpha value is -4.08. The summed E-state index contributed by atoms with van der Waals surface area (Å²) in [6, 6.07) is 14.4. The quantitative estimate of drug-likeness (QED) is 0.298. The summed E-state index contributed by atoms with van der Waals surface area (Å²) >= 11 is 0. The van der Waals surface area contributed by atoms with Gasteiger partial charge in [0.15, 0.2) is 11.5 Å². The number of rotatable bonds is 5. The van der Waals surface area contributed by atoms with Crippen molar-refractivity contribution in [2.45, 2.75) is 32.9 Å². The van der Waals surface area contributed by atoms with E-state index in [0.29, 0.717) is 23.1 Å². The van der Waals surface area contributed by atoms with Crippen molar-refractivity contribution < 1.29 is 22.4 Å². The van der Waals surface area contributed by atoms with Crippen LogP contribution in [0.5, 0.6) is 0 Å². The molecule has 2 heterocycles. The molecule has 0 saturated heterocycles. The molecular formula is C27H25F4N5O. The minimum atomic E-state index is -4.58. The third kappa shape index (κ3) is 5.23. The smallest absolute Gasteiger partial charge is 0.324 e. The molecule has 10 heteroatoms. The lowest BCUT2D eigenvalue weighted by Crippen LogP contribution is -2.10. The minimum absolute atomic E-state index is 0.146. The molecule has 4 aromatic rings. The Morgan fingerprint density at radius 2 is 1.73 bits per heavy atom. The van der Waals surface area contributed by atoms with E-state index in [1.54, 1.807) is 6.20 Å². The highest BCUT2D eigenvalue weighted by atomic mass is 19.4. The molecule has 1 saturated carbocycles. The van der Waals surface area contributed by atoms with Gasteiger partial charge in [0.25, 0.3) is 0 Å². The van der Waals surface area contributed by atoms with Crippen molar-refractivity contribution in [1.29, 1.82) is 0 Å². The van der Waals surface area contributed by atoms with Gasteiger partial charge in [0, 0.05) is 23.6 Å². The standard InChI is InChI=1S/C26H23F4N5.CH2O/c1-15-22(25(15,2)3)17-6-4-5-16(13-17)20-14-31-24(32-19-9-7-18(27)8-10-19)33-23(20)35-12-11-21(34-35)26(28,29)30;1-2/h4-15,22H,1-3H3,(H,31,32,33);1H2/t15-,22+;/m0./s1. The van der Waals surface area contributed by atoms with Gasteiger partial charge in [-0.05, 0) is 58.7 Å². The van der Waals surface area contributed by atoms with E-state index in [2.05, 4.69) is 47.2 Å².